The normalized spacial score (nSPS) is 12.8. The average Bonchev–Trinajstić information content (AvgIpc) is 3.14. The first kappa shape index (κ1) is 28.0. The summed E-state index contributed by atoms with van der Waals surface area (Å²) < 4.78 is 22.4. The van der Waals surface area contributed by atoms with E-state index >= 15 is 0 Å². The van der Waals surface area contributed by atoms with Crippen LogP contribution in [0.4, 0.5) is 5.69 Å². The smallest absolute Gasteiger partial charge is 0.331 e. The molecule has 0 aromatic heterocycles. The van der Waals surface area contributed by atoms with Gasteiger partial charge < -0.3 is 29.0 Å². The van der Waals surface area contributed by atoms with E-state index < -0.39 is 5.97 Å². The van der Waals surface area contributed by atoms with Crippen LogP contribution in [0.5, 0.6) is 17.2 Å². The van der Waals surface area contributed by atoms with E-state index in [0.717, 1.165) is 64.6 Å². The summed E-state index contributed by atoms with van der Waals surface area (Å²) in [5.74, 6) is 1.41. The molecule has 0 amide bonds. The highest BCUT2D eigenvalue weighted by atomic mass is 16.5. The standard InChI is InChI=1S/C32H37NO6/c1-4-5-16-38-17-18-39-28-9-6-23(7-10-28)24-8-12-30-26(19-24)20-25(32(34)35)14-15-33(30)22-27-21-29(36-2)11-13-31(27)37-3/h6-13,19-21H,4-5,14-18,22H2,1-3H3,(H,34,35). The average molecular weight is 532 g/mol. The Labute approximate surface area is 230 Å². The summed E-state index contributed by atoms with van der Waals surface area (Å²) >= 11 is 0. The number of hydrogen-bond acceptors (Lipinski definition) is 6. The Kier molecular flexibility index (Phi) is 9.86. The summed E-state index contributed by atoms with van der Waals surface area (Å²) in [6, 6.07) is 19.9. The second kappa shape index (κ2) is 13.7. The summed E-state index contributed by atoms with van der Waals surface area (Å²) in [5.41, 5.74) is 5.23. The van der Waals surface area contributed by atoms with Crippen molar-refractivity contribution in [2.45, 2.75) is 32.7 Å². The van der Waals surface area contributed by atoms with Gasteiger partial charge >= 0.3 is 5.97 Å². The Morgan fingerprint density at radius 2 is 1.67 bits per heavy atom. The van der Waals surface area contributed by atoms with Crippen molar-refractivity contribution in [2.24, 2.45) is 0 Å². The number of methoxy groups -OCH3 is 2. The van der Waals surface area contributed by atoms with E-state index in [0.29, 0.717) is 38.3 Å². The molecular weight excluding hydrogens is 494 g/mol. The molecule has 1 N–H and O–H groups in total. The third kappa shape index (κ3) is 7.33. The first-order valence-electron chi connectivity index (χ1n) is 13.4. The molecule has 1 heterocycles. The second-order valence-corrected chi connectivity index (χ2v) is 9.44. The lowest BCUT2D eigenvalue weighted by molar-refractivity contribution is -0.132. The van der Waals surface area contributed by atoms with E-state index in [4.69, 9.17) is 18.9 Å². The third-order valence-corrected chi connectivity index (χ3v) is 6.80. The van der Waals surface area contributed by atoms with Gasteiger partial charge in [-0.3, -0.25) is 0 Å². The Bertz CT molecular complexity index is 1280. The minimum Gasteiger partial charge on any atom is -0.497 e. The van der Waals surface area contributed by atoms with Crippen LogP contribution in [0.25, 0.3) is 17.2 Å². The highest BCUT2D eigenvalue weighted by Crippen LogP contribution is 2.35. The van der Waals surface area contributed by atoms with Gasteiger partial charge in [-0.1, -0.05) is 31.5 Å². The number of ether oxygens (including phenoxy) is 4. The summed E-state index contributed by atoms with van der Waals surface area (Å²) in [7, 11) is 3.29. The Hall–Kier alpha value is -3.97. The van der Waals surface area contributed by atoms with E-state index in [9.17, 15) is 9.90 Å². The van der Waals surface area contributed by atoms with Crippen molar-refractivity contribution in [3.8, 4) is 28.4 Å². The van der Waals surface area contributed by atoms with Crippen LogP contribution in [-0.2, 0) is 16.1 Å². The van der Waals surface area contributed by atoms with Gasteiger partial charge in [-0.25, -0.2) is 4.79 Å². The van der Waals surface area contributed by atoms with Crippen LogP contribution in [0.15, 0.2) is 66.2 Å². The first-order valence-corrected chi connectivity index (χ1v) is 13.4. The van der Waals surface area contributed by atoms with Gasteiger partial charge in [-0.05, 0) is 78.1 Å². The molecule has 1 aliphatic rings. The van der Waals surface area contributed by atoms with Gasteiger partial charge in [0.25, 0.3) is 0 Å². The number of carboxylic acids is 1. The fourth-order valence-corrected chi connectivity index (χ4v) is 4.63. The zero-order valence-electron chi connectivity index (χ0n) is 22.9. The molecule has 39 heavy (non-hydrogen) atoms. The number of carboxylic acid groups (broad SMARTS) is 1. The van der Waals surface area contributed by atoms with Crippen LogP contribution in [-0.4, -0.2) is 51.7 Å². The van der Waals surface area contributed by atoms with Gasteiger partial charge in [-0.15, -0.1) is 0 Å². The number of fused-ring (bicyclic) bond motifs is 1. The highest BCUT2D eigenvalue weighted by molar-refractivity contribution is 5.94. The summed E-state index contributed by atoms with van der Waals surface area (Å²) in [5, 5.41) is 9.82. The van der Waals surface area contributed by atoms with Crippen molar-refractivity contribution in [3.05, 3.63) is 77.4 Å². The maximum absolute atomic E-state index is 12.0. The third-order valence-electron chi connectivity index (χ3n) is 6.80. The van der Waals surface area contributed by atoms with E-state index in [1.54, 1.807) is 20.3 Å². The van der Waals surface area contributed by atoms with Crippen LogP contribution in [0.2, 0.25) is 0 Å². The van der Waals surface area contributed by atoms with Gasteiger partial charge in [-0.2, -0.15) is 0 Å². The number of hydrogen-bond donors (Lipinski definition) is 1. The molecule has 7 heteroatoms. The fourth-order valence-electron chi connectivity index (χ4n) is 4.63. The fraction of sp³-hybridized carbons (Fsp3) is 0.344. The molecule has 0 bridgehead atoms. The van der Waals surface area contributed by atoms with E-state index in [2.05, 4.69) is 30.0 Å². The molecule has 4 rings (SSSR count). The lowest BCUT2D eigenvalue weighted by Crippen LogP contribution is -2.24. The number of aliphatic carboxylic acids is 1. The maximum atomic E-state index is 12.0. The molecule has 0 unspecified atom stereocenters. The molecule has 3 aromatic carbocycles. The van der Waals surface area contributed by atoms with Crippen LogP contribution in [0.3, 0.4) is 0 Å². The maximum Gasteiger partial charge on any atom is 0.331 e. The van der Waals surface area contributed by atoms with Crippen molar-refractivity contribution in [3.63, 3.8) is 0 Å². The molecule has 0 saturated heterocycles. The van der Waals surface area contributed by atoms with Crippen molar-refractivity contribution in [1.82, 2.24) is 0 Å². The molecule has 0 radical (unpaired) electrons. The Morgan fingerprint density at radius 3 is 2.38 bits per heavy atom. The predicted molar refractivity (Wildman–Crippen MR) is 154 cm³/mol. The quantitative estimate of drug-likeness (QED) is 0.254. The molecule has 0 atom stereocenters. The van der Waals surface area contributed by atoms with E-state index in [1.165, 1.54) is 0 Å². The molecule has 0 saturated carbocycles. The zero-order chi connectivity index (χ0) is 27.6. The van der Waals surface area contributed by atoms with Crippen molar-refractivity contribution in [2.75, 3.05) is 45.5 Å². The number of unbranched alkanes of at least 4 members (excludes halogenated alkanes) is 1. The van der Waals surface area contributed by atoms with Crippen LogP contribution in [0, 0.1) is 0 Å². The second-order valence-electron chi connectivity index (χ2n) is 9.44. The number of rotatable bonds is 13. The monoisotopic (exact) mass is 531 g/mol. The van der Waals surface area contributed by atoms with E-state index in [1.807, 2.05) is 42.5 Å². The largest absolute Gasteiger partial charge is 0.497 e. The van der Waals surface area contributed by atoms with Gasteiger partial charge in [0.1, 0.15) is 23.9 Å². The number of nitrogens with zero attached hydrogens (tertiary/aromatic N) is 1. The van der Waals surface area contributed by atoms with Gasteiger partial charge in [0.15, 0.2) is 0 Å². The molecule has 206 valence electrons. The van der Waals surface area contributed by atoms with Crippen molar-refractivity contribution in [1.29, 1.82) is 0 Å². The zero-order valence-corrected chi connectivity index (χ0v) is 22.9. The highest BCUT2D eigenvalue weighted by Gasteiger charge is 2.21. The van der Waals surface area contributed by atoms with Crippen LogP contribution in [0.1, 0.15) is 37.3 Å². The summed E-state index contributed by atoms with van der Waals surface area (Å²) in [6.45, 7) is 5.12. The molecule has 3 aromatic rings. The lowest BCUT2D eigenvalue weighted by Gasteiger charge is -2.26. The minimum absolute atomic E-state index is 0.387. The molecule has 0 fully saturated rings. The van der Waals surface area contributed by atoms with Gasteiger partial charge in [0.05, 0.1) is 20.8 Å². The molecule has 1 aliphatic heterocycles. The number of benzene rings is 3. The van der Waals surface area contributed by atoms with Crippen LogP contribution >= 0.6 is 0 Å². The summed E-state index contributed by atoms with van der Waals surface area (Å²) in [4.78, 5) is 14.2. The van der Waals surface area contributed by atoms with Crippen molar-refractivity contribution < 1.29 is 28.8 Å². The van der Waals surface area contributed by atoms with Crippen molar-refractivity contribution >= 4 is 17.7 Å². The topological polar surface area (TPSA) is 77.5 Å². The molecule has 0 spiro atoms. The molecule has 7 nitrogen and oxygen atoms in total. The first-order chi connectivity index (χ1) is 19.0. The number of carbonyl (C=O) groups is 1. The van der Waals surface area contributed by atoms with E-state index in [-0.39, 0.29) is 0 Å². The minimum atomic E-state index is -0.896. The van der Waals surface area contributed by atoms with Gasteiger partial charge in [0.2, 0.25) is 0 Å². The molecule has 0 aliphatic carbocycles. The number of anilines is 1. The Morgan fingerprint density at radius 1 is 0.897 bits per heavy atom. The van der Waals surface area contributed by atoms with Gasteiger partial charge in [0, 0.05) is 36.5 Å². The van der Waals surface area contributed by atoms with Crippen LogP contribution < -0.4 is 19.1 Å². The Balaban J connectivity index is 1.55. The summed E-state index contributed by atoms with van der Waals surface area (Å²) in [6.07, 6.45) is 4.40. The lowest BCUT2D eigenvalue weighted by atomic mass is 10.00. The molecular formula is C32H37NO6. The SMILES string of the molecule is CCCCOCCOc1ccc(-c2ccc3c(c2)C=C(C(=O)O)CCN3Cc2cc(OC)ccc2OC)cc1. The predicted octanol–water partition coefficient (Wildman–Crippen LogP) is 6.44.